The number of hydrogen-bond donors (Lipinski definition) is 3. The smallest absolute Gasteiger partial charge is 0.337 e. The molecule has 1 aromatic heterocycles. The van der Waals surface area contributed by atoms with E-state index in [1.165, 1.54) is 29.0 Å². The fourth-order valence-corrected chi connectivity index (χ4v) is 4.02. The molecular weight excluding hydrogens is 400 g/mol. The number of fused-ring (bicyclic) bond motifs is 1. The highest BCUT2D eigenvalue weighted by molar-refractivity contribution is 5.93. The summed E-state index contributed by atoms with van der Waals surface area (Å²) in [6.45, 7) is 5.02. The maximum Gasteiger partial charge on any atom is 0.337 e. The van der Waals surface area contributed by atoms with Crippen LogP contribution >= 0.6 is 0 Å². The Kier molecular flexibility index (Phi) is 7.92. The van der Waals surface area contributed by atoms with Gasteiger partial charge in [0.1, 0.15) is 0 Å². The van der Waals surface area contributed by atoms with Crippen LogP contribution in [0.15, 0.2) is 60.2 Å². The van der Waals surface area contributed by atoms with Gasteiger partial charge >= 0.3 is 5.97 Å². The summed E-state index contributed by atoms with van der Waals surface area (Å²) in [5, 5.41) is 16.3. The molecule has 1 aliphatic rings. The second kappa shape index (κ2) is 10.8. The lowest BCUT2D eigenvalue weighted by atomic mass is 9.82. The topological polar surface area (TPSA) is 77.5 Å². The van der Waals surface area contributed by atoms with Gasteiger partial charge in [-0.25, -0.2) is 4.79 Å². The lowest BCUT2D eigenvalue weighted by molar-refractivity contribution is 0.0697. The Balaban J connectivity index is 1.76. The molecule has 0 fully saturated rings. The highest BCUT2D eigenvalue weighted by Gasteiger charge is 2.21. The van der Waals surface area contributed by atoms with Crippen molar-refractivity contribution in [2.24, 2.45) is 0 Å². The number of aromatic nitrogens is 1. The van der Waals surface area contributed by atoms with Crippen LogP contribution in [0.2, 0.25) is 0 Å². The molecule has 0 spiro atoms. The molecule has 6 nitrogen and oxygen atoms in total. The minimum atomic E-state index is -0.941. The van der Waals surface area contributed by atoms with Gasteiger partial charge in [-0.15, -0.1) is 0 Å². The standard InChI is InChI=1S/C26H34N4O2/c1-5-18(2)24(12-14-30(3)4)29-21-9-10-22-19(15-21)7-6-8-20(22)16-28-25-17-27-13-11-23(25)26(31)32/h9-15,17,20,28-29H,5-8,16H2,1-4H3,(H,31,32)/b14-12-,24-18-/t20-/m0/s1. The van der Waals surface area contributed by atoms with Crippen LogP contribution in [0.3, 0.4) is 0 Å². The number of rotatable bonds is 9. The maximum absolute atomic E-state index is 11.5. The summed E-state index contributed by atoms with van der Waals surface area (Å²) in [5.41, 5.74) is 7.08. The summed E-state index contributed by atoms with van der Waals surface area (Å²) in [5.74, 6) is -0.597. The van der Waals surface area contributed by atoms with Crippen molar-refractivity contribution in [2.45, 2.75) is 45.4 Å². The van der Waals surface area contributed by atoms with Crippen molar-refractivity contribution >= 4 is 17.3 Å². The molecule has 170 valence electrons. The molecule has 0 amide bonds. The number of hydrogen-bond acceptors (Lipinski definition) is 5. The molecule has 1 heterocycles. The summed E-state index contributed by atoms with van der Waals surface area (Å²) in [7, 11) is 4.04. The number of nitrogens with zero attached hydrogens (tertiary/aromatic N) is 2. The summed E-state index contributed by atoms with van der Waals surface area (Å²) < 4.78 is 0. The molecule has 0 unspecified atom stereocenters. The van der Waals surface area contributed by atoms with E-state index >= 15 is 0 Å². The minimum absolute atomic E-state index is 0.256. The van der Waals surface area contributed by atoms with Gasteiger partial charge in [0, 0.05) is 50.3 Å². The molecule has 0 aliphatic heterocycles. The predicted molar refractivity (Wildman–Crippen MR) is 131 cm³/mol. The van der Waals surface area contributed by atoms with E-state index in [0.29, 0.717) is 18.2 Å². The number of carbonyl (C=O) groups is 1. The highest BCUT2D eigenvalue weighted by atomic mass is 16.4. The van der Waals surface area contributed by atoms with Crippen LogP contribution in [0.5, 0.6) is 0 Å². The molecule has 3 N–H and O–H groups in total. The number of anilines is 2. The molecule has 1 aliphatic carbocycles. The fourth-order valence-electron chi connectivity index (χ4n) is 4.02. The minimum Gasteiger partial charge on any atom is -0.478 e. The normalized spacial score (nSPS) is 16.3. The molecule has 1 atom stereocenters. The second-order valence-electron chi connectivity index (χ2n) is 8.56. The maximum atomic E-state index is 11.5. The SMILES string of the molecule is CC/C(C)=C(/C=C\N(C)C)Nc1ccc2c(c1)CCC[C@H]2CNc1cnccc1C(=O)O. The third kappa shape index (κ3) is 5.90. The van der Waals surface area contributed by atoms with Crippen LogP contribution < -0.4 is 10.6 Å². The second-order valence-corrected chi connectivity index (χ2v) is 8.56. The van der Waals surface area contributed by atoms with Gasteiger partial charge in [0.2, 0.25) is 0 Å². The van der Waals surface area contributed by atoms with Crippen molar-refractivity contribution in [3.8, 4) is 0 Å². The first-order chi connectivity index (χ1) is 15.4. The summed E-state index contributed by atoms with van der Waals surface area (Å²) >= 11 is 0. The van der Waals surface area contributed by atoms with Crippen LogP contribution in [0, 0.1) is 0 Å². The Morgan fingerprint density at radius 1 is 1.31 bits per heavy atom. The van der Waals surface area contributed by atoms with Crippen molar-refractivity contribution in [1.29, 1.82) is 0 Å². The molecule has 1 aromatic carbocycles. The zero-order valence-corrected chi connectivity index (χ0v) is 19.5. The van der Waals surface area contributed by atoms with E-state index < -0.39 is 5.97 Å². The van der Waals surface area contributed by atoms with Crippen molar-refractivity contribution in [3.63, 3.8) is 0 Å². The highest BCUT2D eigenvalue weighted by Crippen LogP contribution is 2.34. The lowest BCUT2D eigenvalue weighted by Crippen LogP contribution is -2.19. The number of benzene rings is 1. The zero-order valence-electron chi connectivity index (χ0n) is 19.5. The van der Waals surface area contributed by atoms with Crippen LogP contribution in [0.25, 0.3) is 0 Å². The molecule has 0 bridgehead atoms. The molecule has 2 aromatic rings. The van der Waals surface area contributed by atoms with Crippen LogP contribution in [-0.2, 0) is 6.42 Å². The van der Waals surface area contributed by atoms with Gasteiger partial charge in [0.25, 0.3) is 0 Å². The van der Waals surface area contributed by atoms with E-state index in [1.54, 1.807) is 6.20 Å². The summed E-state index contributed by atoms with van der Waals surface area (Å²) in [4.78, 5) is 17.6. The Labute approximate surface area is 191 Å². The van der Waals surface area contributed by atoms with Crippen molar-refractivity contribution in [3.05, 3.63) is 76.9 Å². The Morgan fingerprint density at radius 3 is 2.84 bits per heavy atom. The molecule has 3 rings (SSSR count). The first kappa shape index (κ1) is 23.4. The monoisotopic (exact) mass is 434 g/mol. The van der Waals surface area contributed by atoms with E-state index in [0.717, 1.165) is 37.1 Å². The third-order valence-corrected chi connectivity index (χ3v) is 5.98. The first-order valence-electron chi connectivity index (χ1n) is 11.2. The van der Waals surface area contributed by atoms with Crippen LogP contribution in [0.1, 0.15) is 60.5 Å². The van der Waals surface area contributed by atoms with Gasteiger partial charge in [0.05, 0.1) is 17.4 Å². The van der Waals surface area contributed by atoms with Crippen molar-refractivity contribution < 1.29 is 9.90 Å². The van der Waals surface area contributed by atoms with Crippen LogP contribution in [0.4, 0.5) is 11.4 Å². The van der Waals surface area contributed by atoms with E-state index in [9.17, 15) is 9.90 Å². The van der Waals surface area contributed by atoms with Gasteiger partial charge in [-0.05, 0) is 68.0 Å². The Bertz CT molecular complexity index is 1010. The van der Waals surface area contributed by atoms with E-state index in [1.807, 2.05) is 19.0 Å². The number of allylic oxidation sites excluding steroid dienone is 2. The fraction of sp³-hybridized carbons (Fsp3) is 0.385. The number of carboxylic acids is 1. The van der Waals surface area contributed by atoms with E-state index in [2.05, 4.69) is 59.9 Å². The molecule has 0 radical (unpaired) electrons. The average Bonchev–Trinajstić information content (AvgIpc) is 2.79. The number of carboxylic acid groups (broad SMARTS) is 1. The number of nitrogens with one attached hydrogen (secondary N) is 2. The van der Waals surface area contributed by atoms with E-state index in [4.69, 9.17) is 0 Å². The molecular formula is C26H34N4O2. The van der Waals surface area contributed by atoms with Crippen molar-refractivity contribution in [1.82, 2.24) is 9.88 Å². The van der Waals surface area contributed by atoms with E-state index in [-0.39, 0.29) is 5.56 Å². The third-order valence-electron chi connectivity index (χ3n) is 5.98. The van der Waals surface area contributed by atoms with Crippen LogP contribution in [-0.4, -0.2) is 41.6 Å². The molecule has 32 heavy (non-hydrogen) atoms. The van der Waals surface area contributed by atoms with Gasteiger partial charge in [-0.2, -0.15) is 0 Å². The predicted octanol–water partition coefficient (Wildman–Crippen LogP) is 5.48. The Morgan fingerprint density at radius 2 is 2.12 bits per heavy atom. The average molecular weight is 435 g/mol. The largest absolute Gasteiger partial charge is 0.478 e. The van der Waals surface area contributed by atoms with Gasteiger partial charge in [-0.3, -0.25) is 4.98 Å². The Hall–Kier alpha value is -3.28. The lowest BCUT2D eigenvalue weighted by Gasteiger charge is -2.27. The number of pyridine rings is 1. The quantitative estimate of drug-likeness (QED) is 0.454. The summed E-state index contributed by atoms with van der Waals surface area (Å²) in [6, 6.07) is 8.17. The zero-order chi connectivity index (χ0) is 23.1. The summed E-state index contributed by atoms with van der Waals surface area (Å²) in [6.07, 6.45) is 11.5. The van der Waals surface area contributed by atoms with Gasteiger partial charge in [-0.1, -0.05) is 18.6 Å². The molecule has 0 saturated heterocycles. The number of aryl methyl sites for hydroxylation is 1. The number of aromatic carboxylic acids is 1. The van der Waals surface area contributed by atoms with Gasteiger partial charge < -0.3 is 20.6 Å². The van der Waals surface area contributed by atoms with Crippen molar-refractivity contribution in [2.75, 3.05) is 31.3 Å². The molecule has 0 saturated carbocycles. The molecule has 6 heteroatoms. The van der Waals surface area contributed by atoms with Gasteiger partial charge in [0.15, 0.2) is 0 Å². The first-order valence-corrected chi connectivity index (χ1v) is 11.2.